The Morgan fingerprint density at radius 2 is 2.05 bits per heavy atom. The van der Waals surface area contributed by atoms with E-state index < -0.39 is 29.5 Å². The first kappa shape index (κ1) is 14.8. The van der Waals surface area contributed by atoms with E-state index in [1.165, 1.54) is 19.2 Å². The van der Waals surface area contributed by atoms with Crippen molar-refractivity contribution in [2.75, 3.05) is 20.2 Å². The summed E-state index contributed by atoms with van der Waals surface area (Å²) in [5.74, 6) is -1.51. The first-order valence-corrected chi connectivity index (χ1v) is 6.40. The van der Waals surface area contributed by atoms with Crippen LogP contribution in [0.15, 0.2) is 24.3 Å². The number of alkyl halides is 3. The SMILES string of the molecule is COC(=O)[C@@H]1CCNC[C@@H]1c1ccccc1C(F)(F)F. The molecule has 2 atom stereocenters. The lowest BCUT2D eigenvalue weighted by molar-refractivity contribution is -0.148. The predicted molar refractivity (Wildman–Crippen MR) is 67.2 cm³/mol. The van der Waals surface area contributed by atoms with Crippen LogP contribution >= 0.6 is 0 Å². The lowest BCUT2D eigenvalue weighted by Gasteiger charge is -2.32. The molecule has 1 fully saturated rings. The van der Waals surface area contributed by atoms with Gasteiger partial charge in [0.1, 0.15) is 0 Å². The first-order valence-electron chi connectivity index (χ1n) is 6.40. The number of carbonyl (C=O) groups is 1. The molecule has 20 heavy (non-hydrogen) atoms. The Labute approximate surface area is 115 Å². The third-order valence-corrected chi connectivity index (χ3v) is 3.65. The van der Waals surface area contributed by atoms with Gasteiger partial charge < -0.3 is 10.1 Å². The molecular weight excluding hydrogens is 271 g/mol. The van der Waals surface area contributed by atoms with E-state index in [2.05, 4.69) is 5.32 Å². The normalized spacial score (nSPS) is 23.4. The Bertz CT molecular complexity index is 488. The standard InChI is InChI=1S/C14H16F3NO2/c1-20-13(19)10-6-7-18-8-11(10)9-4-2-3-5-12(9)14(15,16)17/h2-5,10-11,18H,6-8H2,1H3/t10-,11-/m1/s1. The predicted octanol–water partition coefficient (Wildman–Crippen LogP) is 2.57. The first-order chi connectivity index (χ1) is 9.45. The number of rotatable bonds is 2. The van der Waals surface area contributed by atoms with Crippen LogP contribution in [0.1, 0.15) is 23.5 Å². The summed E-state index contributed by atoms with van der Waals surface area (Å²) in [7, 11) is 1.26. The zero-order valence-electron chi connectivity index (χ0n) is 11.0. The Balaban J connectivity index is 2.40. The molecule has 0 amide bonds. The second-order valence-corrected chi connectivity index (χ2v) is 4.81. The lowest BCUT2D eigenvalue weighted by Crippen LogP contribution is -2.40. The van der Waals surface area contributed by atoms with Gasteiger partial charge in [-0.1, -0.05) is 18.2 Å². The summed E-state index contributed by atoms with van der Waals surface area (Å²) in [6, 6.07) is 5.41. The molecular formula is C14H16F3NO2. The maximum atomic E-state index is 13.1. The van der Waals surface area contributed by atoms with E-state index in [4.69, 9.17) is 4.74 Å². The van der Waals surface area contributed by atoms with Crippen molar-refractivity contribution in [1.29, 1.82) is 0 Å². The number of hydrogen-bond acceptors (Lipinski definition) is 3. The van der Waals surface area contributed by atoms with Crippen molar-refractivity contribution in [3.05, 3.63) is 35.4 Å². The minimum atomic E-state index is -4.42. The van der Waals surface area contributed by atoms with Gasteiger partial charge in [0.15, 0.2) is 0 Å². The van der Waals surface area contributed by atoms with E-state index in [9.17, 15) is 18.0 Å². The fraction of sp³-hybridized carbons (Fsp3) is 0.500. The van der Waals surface area contributed by atoms with E-state index >= 15 is 0 Å². The molecule has 0 saturated carbocycles. The van der Waals surface area contributed by atoms with E-state index in [-0.39, 0.29) is 5.56 Å². The highest BCUT2D eigenvalue weighted by atomic mass is 19.4. The number of methoxy groups -OCH3 is 1. The maximum absolute atomic E-state index is 13.1. The molecule has 0 unspecified atom stereocenters. The molecule has 1 aromatic rings. The zero-order chi connectivity index (χ0) is 14.8. The third kappa shape index (κ3) is 2.95. The largest absolute Gasteiger partial charge is 0.469 e. The minimum Gasteiger partial charge on any atom is -0.469 e. The van der Waals surface area contributed by atoms with Crippen LogP contribution < -0.4 is 5.32 Å². The summed E-state index contributed by atoms with van der Waals surface area (Å²) in [5, 5.41) is 3.05. The molecule has 0 radical (unpaired) electrons. The highest BCUT2D eigenvalue weighted by Gasteiger charge is 2.39. The van der Waals surface area contributed by atoms with Crippen LogP contribution in [0.25, 0.3) is 0 Å². The molecule has 1 aliphatic rings. The lowest BCUT2D eigenvalue weighted by atomic mass is 9.79. The van der Waals surface area contributed by atoms with E-state index in [1.807, 2.05) is 0 Å². The molecule has 0 aliphatic carbocycles. The van der Waals surface area contributed by atoms with Crippen molar-refractivity contribution in [3.8, 4) is 0 Å². The number of esters is 1. The van der Waals surface area contributed by atoms with Gasteiger partial charge in [0, 0.05) is 12.5 Å². The zero-order valence-corrected chi connectivity index (χ0v) is 11.0. The number of carbonyl (C=O) groups excluding carboxylic acids is 1. The summed E-state index contributed by atoms with van der Waals surface area (Å²) in [5.41, 5.74) is -0.523. The van der Waals surface area contributed by atoms with Crippen LogP contribution in [0.4, 0.5) is 13.2 Å². The summed E-state index contributed by atoms with van der Waals surface area (Å²) in [4.78, 5) is 11.8. The molecule has 110 valence electrons. The Morgan fingerprint density at radius 1 is 1.35 bits per heavy atom. The number of nitrogens with one attached hydrogen (secondary N) is 1. The topological polar surface area (TPSA) is 38.3 Å². The average Bonchev–Trinajstić information content (AvgIpc) is 2.45. The summed E-state index contributed by atoms with van der Waals surface area (Å²) >= 11 is 0. The maximum Gasteiger partial charge on any atom is 0.416 e. The fourth-order valence-electron chi connectivity index (χ4n) is 2.70. The molecule has 1 saturated heterocycles. The van der Waals surface area contributed by atoms with Gasteiger partial charge in [-0.3, -0.25) is 4.79 Å². The van der Waals surface area contributed by atoms with Crippen molar-refractivity contribution in [1.82, 2.24) is 5.32 Å². The second-order valence-electron chi connectivity index (χ2n) is 4.81. The quantitative estimate of drug-likeness (QED) is 0.850. The van der Waals surface area contributed by atoms with Crippen molar-refractivity contribution in [2.45, 2.75) is 18.5 Å². The minimum absolute atomic E-state index is 0.155. The molecule has 6 heteroatoms. The van der Waals surface area contributed by atoms with Gasteiger partial charge in [-0.15, -0.1) is 0 Å². The van der Waals surface area contributed by atoms with E-state index in [0.717, 1.165) is 6.07 Å². The highest BCUT2D eigenvalue weighted by molar-refractivity contribution is 5.74. The van der Waals surface area contributed by atoms with Gasteiger partial charge >= 0.3 is 12.1 Å². The average molecular weight is 287 g/mol. The van der Waals surface area contributed by atoms with Crippen molar-refractivity contribution in [2.24, 2.45) is 5.92 Å². The number of piperidine rings is 1. The molecule has 0 bridgehead atoms. The van der Waals surface area contributed by atoms with Crippen LogP contribution in [0, 0.1) is 5.92 Å². The number of halogens is 3. The van der Waals surface area contributed by atoms with E-state index in [0.29, 0.717) is 19.5 Å². The smallest absolute Gasteiger partial charge is 0.416 e. The summed E-state index contributed by atoms with van der Waals surface area (Å²) in [6.45, 7) is 0.942. The van der Waals surface area contributed by atoms with E-state index in [1.54, 1.807) is 6.07 Å². The van der Waals surface area contributed by atoms with Crippen molar-refractivity contribution >= 4 is 5.97 Å². The van der Waals surface area contributed by atoms with Gasteiger partial charge in [0.05, 0.1) is 18.6 Å². The molecule has 1 aromatic carbocycles. The van der Waals surface area contributed by atoms with Gasteiger partial charge in [-0.25, -0.2) is 0 Å². The monoisotopic (exact) mass is 287 g/mol. The van der Waals surface area contributed by atoms with Crippen molar-refractivity contribution in [3.63, 3.8) is 0 Å². The third-order valence-electron chi connectivity index (χ3n) is 3.65. The molecule has 2 rings (SSSR count). The Kier molecular flexibility index (Phi) is 4.32. The number of ether oxygens (including phenoxy) is 1. The Morgan fingerprint density at radius 3 is 2.70 bits per heavy atom. The molecule has 0 aromatic heterocycles. The molecule has 3 nitrogen and oxygen atoms in total. The molecule has 1 aliphatic heterocycles. The Hall–Kier alpha value is -1.56. The summed E-state index contributed by atoms with van der Waals surface area (Å²) < 4.78 is 43.9. The van der Waals surface area contributed by atoms with Gasteiger partial charge in [-0.05, 0) is 24.6 Å². The van der Waals surface area contributed by atoms with Crippen LogP contribution in [-0.2, 0) is 15.7 Å². The molecule has 1 N–H and O–H groups in total. The van der Waals surface area contributed by atoms with Gasteiger partial charge in [0.25, 0.3) is 0 Å². The molecule has 1 heterocycles. The fourth-order valence-corrected chi connectivity index (χ4v) is 2.70. The summed E-state index contributed by atoms with van der Waals surface area (Å²) in [6.07, 6.45) is -3.95. The van der Waals surface area contributed by atoms with Gasteiger partial charge in [0.2, 0.25) is 0 Å². The van der Waals surface area contributed by atoms with Crippen LogP contribution in [0.5, 0.6) is 0 Å². The van der Waals surface area contributed by atoms with Crippen LogP contribution in [0.2, 0.25) is 0 Å². The van der Waals surface area contributed by atoms with Gasteiger partial charge in [-0.2, -0.15) is 13.2 Å². The van der Waals surface area contributed by atoms with Crippen LogP contribution in [0.3, 0.4) is 0 Å². The molecule has 0 spiro atoms. The number of benzene rings is 1. The highest BCUT2D eigenvalue weighted by Crippen LogP contribution is 2.39. The number of hydrogen-bond donors (Lipinski definition) is 1. The van der Waals surface area contributed by atoms with Crippen molar-refractivity contribution < 1.29 is 22.7 Å². The van der Waals surface area contributed by atoms with Crippen LogP contribution in [-0.4, -0.2) is 26.2 Å². The second kappa shape index (κ2) is 5.83.